The molecule has 1 aliphatic rings. The zero-order chi connectivity index (χ0) is 19.2. The zero-order valence-electron chi connectivity index (χ0n) is 16.0. The van der Waals surface area contributed by atoms with E-state index in [9.17, 15) is 14.7 Å². The van der Waals surface area contributed by atoms with Gasteiger partial charge in [-0.25, -0.2) is 0 Å². The molecular weight excluding hydrogens is 332 g/mol. The minimum atomic E-state index is -0.368. The maximum absolute atomic E-state index is 12.5. The van der Waals surface area contributed by atoms with Gasteiger partial charge in [0.05, 0.1) is 11.8 Å². The summed E-state index contributed by atoms with van der Waals surface area (Å²) in [5.74, 6) is -0.792. The molecule has 0 aliphatic heterocycles. The predicted octanol–water partition coefficient (Wildman–Crippen LogP) is 4.62. The number of hydrogen-bond acceptors (Lipinski definition) is 5. The summed E-state index contributed by atoms with van der Waals surface area (Å²) in [4.78, 5) is 24.9. The highest BCUT2D eigenvalue weighted by atomic mass is 16.6. The maximum atomic E-state index is 12.5. The van der Waals surface area contributed by atoms with Gasteiger partial charge < -0.3 is 14.6 Å². The second kappa shape index (κ2) is 9.06. The van der Waals surface area contributed by atoms with E-state index in [1.807, 2.05) is 13.8 Å². The number of phenols is 1. The van der Waals surface area contributed by atoms with E-state index in [0.29, 0.717) is 18.6 Å². The molecule has 5 heteroatoms. The summed E-state index contributed by atoms with van der Waals surface area (Å²) in [6, 6.07) is 6.02. The first-order valence-electron chi connectivity index (χ1n) is 9.62. The zero-order valence-corrected chi connectivity index (χ0v) is 16.0. The summed E-state index contributed by atoms with van der Waals surface area (Å²) in [6.45, 7) is 5.79. The number of carbonyl (C=O) groups excluding carboxylic acids is 2. The van der Waals surface area contributed by atoms with Gasteiger partial charge in [0.25, 0.3) is 0 Å². The number of carbonyl (C=O) groups is 2. The number of benzene rings is 1. The molecule has 1 aromatic rings. The molecule has 0 bridgehead atoms. The number of ether oxygens (including phenoxy) is 2. The van der Waals surface area contributed by atoms with E-state index in [4.69, 9.17) is 9.47 Å². The molecule has 2 unspecified atom stereocenters. The van der Waals surface area contributed by atoms with Crippen molar-refractivity contribution in [1.82, 2.24) is 0 Å². The molecule has 5 nitrogen and oxygen atoms in total. The summed E-state index contributed by atoms with van der Waals surface area (Å²) >= 11 is 0. The molecule has 1 aliphatic carbocycles. The summed E-state index contributed by atoms with van der Waals surface area (Å²) in [6.07, 6.45) is 5.91. The molecule has 26 heavy (non-hydrogen) atoms. The van der Waals surface area contributed by atoms with E-state index >= 15 is 0 Å². The number of aromatic hydroxyl groups is 1. The molecule has 0 amide bonds. The van der Waals surface area contributed by atoms with Gasteiger partial charge >= 0.3 is 11.9 Å². The first kappa shape index (κ1) is 20.3. The fourth-order valence-electron chi connectivity index (χ4n) is 3.53. The molecule has 1 aromatic carbocycles. The van der Waals surface area contributed by atoms with Crippen molar-refractivity contribution in [3.05, 3.63) is 24.3 Å². The first-order valence-corrected chi connectivity index (χ1v) is 9.62. The Morgan fingerprint density at radius 3 is 2.27 bits per heavy atom. The van der Waals surface area contributed by atoms with Crippen LogP contribution in [-0.4, -0.2) is 22.6 Å². The summed E-state index contributed by atoms with van der Waals surface area (Å²) in [5.41, 5.74) is -0.306. The maximum Gasteiger partial charge on any atom is 0.314 e. The summed E-state index contributed by atoms with van der Waals surface area (Å²) < 4.78 is 11.2. The molecule has 0 saturated heterocycles. The van der Waals surface area contributed by atoms with Crippen LogP contribution >= 0.6 is 0 Å². The summed E-state index contributed by atoms with van der Waals surface area (Å²) in [5, 5.41) is 9.29. The van der Waals surface area contributed by atoms with Crippen LogP contribution in [0, 0.1) is 11.8 Å². The molecule has 0 spiro atoms. The second-order valence-electron chi connectivity index (χ2n) is 7.32. The molecular formula is C21H30O5. The number of rotatable bonds is 8. The lowest BCUT2D eigenvalue weighted by atomic mass is 9.93. The lowest BCUT2D eigenvalue weighted by Crippen LogP contribution is -2.34. The van der Waals surface area contributed by atoms with Crippen molar-refractivity contribution in [2.24, 2.45) is 11.8 Å². The highest BCUT2D eigenvalue weighted by Crippen LogP contribution is 2.37. The Morgan fingerprint density at radius 1 is 1.12 bits per heavy atom. The van der Waals surface area contributed by atoms with Crippen molar-refractivity contribution in [3.8, 4) is 11.5 Å². The molecule has 0 heterocycles. The Labute approximate surface area is 155 Å². The van der Waals surface area contributed by atoms with Crippen molar-refractivity contribution < 1.29 is 24.2 Å². The Morgan fingerprint density at radius 2 is 1.73 bits per heavy atom. The van der Waals surface area contributed by atoms with Gasteiger partial charge in [-0.05, 0) is 69.2 Å². The molecule has 0 radical (unpaired) electrons. The highest BCUT2D eigenvalue weighted by Gasteiger charge is 2.37. The van der Waals surface area contributed by atoms with E-state index in [2.05, 4.69) is 6.92 Å². The minimum absolute atomic E-state index is 0.116. The van der Waals surface area contributed by atoms with Crippen LogP contribution in [0.2, 0.25) is 0 Å². The van der Waals surface area contributed by atoms with E-state index in [-0.39, 0.29) is 35.1 Å². The third kappa shape index (κ3) is 5.23. The van der Waals surface area contributed by atoms with Gasteiger partial charge in [-0.15, -0.1) is 0 Å². The lowest BCUT2D eigenvalue weighted by molar-refractivity contribution is -0.165. The van der Waals surface area contributed by atoms with Gasteiger partial charge in [-0.1, -0.05) is 20.8 Å². The second-order valence-corrected chi connectivity index (χ2v) is 7.32. The number of phenolic OH excluding ortho intramolecular Hbond substituents is 1. The van der Waals surface area contributed by atoms with Gasteiger partial charge in [-0.2, -0.15) is 0 Å². The smallest absolute Gasteiger partial charge is 0.314 e. The van der Waals surface area contributed by atoms with Gasteiger partial charge in [0, 0.05) is 0 Å². The lowest BCUT2D eigenvalue weighted by Gasteiger charge is -2.29. The molecule has 1 fully saturated rings. The average molecular weight is 362 g/mol. The van der Waals surface area contributed by atoms with Crippen molar-refractivity contribution in [2.75, 3.05) is 0 Å². The van der Waals surface area contributed by atoms with Crippen molar-refractivity contribution in [1.29, 1.82) is 0 Å². The minimum Gasteiger partial charge on any atom is -0.508 e. The van der Waals surface area contributed by atoms with E-state index in [0.717, 1.165) is 32.1 Å². The highest BCUT2D eigenvalue weighted by molar-refractivity contribution is 5.77. The van der Waals surface area contributed by atoms with Crippen LogP contribution in [0.1, 0.15) is 65.7 Å². The molecule has 1 saturated carbocycles. The van der Waals surface area contributed by atoms with E-state index in [1.165, 1.54) is 12.1 Å². The van der Waals surface area contributed by atoms with Crippen molar-refractivity contribution >= 4 is 11.9 Å². The van der Waals surface area contributed by atoms with Gasteiger partial charge in [0.15, 0.2) is 0 Å². The van der Waals surface area contributed by atoms with Crippen LogP contribution in [-0.2, 0) is 14.3 Å². The first-order chi connectivity index (χ1) is 12.4. The molecule has 2 rings (SSSR count). The van der Waals surface area contributed by atoms with Crippen LogP contribution in [0.25, 0.3) is 0 Å². The molecule has 144 valence electrons. The third-order valence-corrected chi connectivity index (χ3v) is 5.40. The number of esters is 2. The van der Waals surface area contributed by atoms with Crippen LogP contribution in [0.5, 0.6) is 11.5 Å². The molecule has 1 N–H and O–H groups in total. The van der Waals surface area contributed by atoms with Crippen molar-refractivity contribution in [3.63, 3.8) is 0 Å². The van der Waals surface area contributed by atoms with Gasteiger partial charge in [0.2, 0.25) is 0 Å². The van der Waals surface area contributed by atoms with Crippen LogP contribution in [0.3, 0.4) is 0 Å². The fraction of sp³-hybridized carbons (Fsp3) is 0.619. The summed E-state index contributed by atoms with van der Waals surface area (Å²) in [7, 11) is 0. The SMILES string of the molecule is CCC(CC(C)C(=O)OC1(CC)CCCC1)C(=O)Oc1ccc(O)cc1. The Hall–Kier alpha value is -2.04. The Bertz CT molecular complexity index is 601. The predicted molar refractivity (Wildman–Crippen MR) is 98.9 cm³/mol. The normalized spacial score (nSPS) is 18.1. The average Bonchev–Trinajstić information content (AvgIpc) is 3.10. The van der Waals surface area contributed by atoms with Gasteiger partial charge in [-0.3, -0.25) is 9.59 Å². The Balaban J connectivity index is 1.91. The molecule has 2 atom stereocenters. The van der Waals surface area contributed by atoms with E-state index < -0.39 is 0 Å². The monoisotopic (exact) mass is 362 g/mol. The Kier molecular flexibility index (Phi) is 7.06. The quantitative estimate of drug-likeness (QED) is 0.540. The van der Waals surface area contributed by atoms with Gasteiger partial charge in [0.1, 0.15) is 17.1 Å². The largest absolute Gasteiger partial charge is 0.508 e. The fourth-order valence-corrected chi connectivity index (χ4v) is 3.53. The topological polar surface area (TPSA) is 72.8 Å². The standard InChI is InChI=1S/C21H30O5/c1-4-16(20(24)25-18-10-8-17(22)9-11-18)14-15(3)19(23)26-21(5-2)12-6-7-13-21/h8-11,15-16,22H,4-7,12-14H2,1-3H3. The van der Waals surface area contributed by atoms with E-state index in [1.54, 1.807) is 12.1 Å². The van der Waals surface area contributed by atoms with Crippen molar-refractivity contribution in [2.45, 2.75) is 71.3 Å². The third-order valence-electron chi connectivity index (χ3n) is 5.40. The number of hydrogen-bond donors (Lipinski definition) is 1. The van der Waals surface area contributed by atoms with Crippen LogP contribution in [0.4, 0.5) is 0 Å². The van der Waals surface area contributed by atoms with Crippen LogP contribution in [0.15, 0.2) is 24.3 Å². The van der Waals surface area contributed by atoms with Crippen LogP contribution < -0.4 is 4.74 Å². The molecule has 0 aromatic heterocycles.